The lowest BCUT2D eigenvalue weighted by Crippen LogP contribution is -2.23. The molecule has 2 heterocycles. The minimum Gasteiger partial charge on any atom is -0.368 e. The first-order valence-corrected chi connectivity index (χ1v) is 11.5. The fourth-order valence-electron chi connectivity index (χ4n) is 5.22. The number of nitrogen functional groups attached to an aromatic ring is 1. The quantitative estimate of drug-likeness (QED) is 0.708. The number of fused-ring (bicyclic) bond motifs is 2. The Morgan fingerprint density at radius 3 is 2.45 bits per heavy atom. The average molecular weight is 416 g/mol. The van der Waals surface area contributed by atoms with Gasteiger partial charge in [0.25, 0.3) is 0 Å². The molecule has 2 aromatic rings. The number of anilines is 2. The lowest BCUT2D eigenvalue weighted by atomic mass is 9.84. The second-order valence-electron chi connectivity index (χ2n) is 9.02. The van der Waals surface area contributed by atoms with Crippen molar-refractivity contribution in [2.45, 2.75) is 69.8 Å². The second-order valence-corrected chi connectivity index (χ2v) is 10.3. The molecule has 2 aromatic heterocycles. The maximum Gasteiger partial charge on any atom is 0.229 e. The van der Waals surface area contributed by atoms with Crippen LogP contribution in [-0.4, -0.2) is 38.6 Å². The van der Waals surface area contributed by atoms with Crippen LogP contribution in [0.25, 0.3) is 0 Å². The van der Waals surface area contributed by atoms with Crippen LogP contribution in [-0.2, 0) is 0 Å². The van der Waals surface area contributed by atoms with Crippen molar-refractivity contribution in [3.8, 4) is 0 Å². The molecule has 7 nitrogen and oxygen atoms in total. The van der Waals surface area contributed by atoms with Gasteiger partial charge in [-0.3, -0.25) is 0 Å². The zero-order chi connectivity index (χ0) is 20.9. The topological polar surface area (TPSA) is 85.8 Å². The monoisotopic (exact) mass is 415 g/mol. The SMILES string of the molecule is Cc1nc(S[C@H](C)c2nc(N)nc(N(C)C)n2)n([C@H](C)[C@H]2C[C@H]3CC[C@H]2C3)c1C. The van der Waals surface area contributed by atoms with Crippen LogP contribution in [0.3, 0.4) is 0 Å². The van der Waals surface area contributed by atoms with Gasteiger partial charge in [-0.2, -0.15) is 15.0 Å². The number of aryl methyl sites for hydroxylation is 1. The van der Waals surface area contributed by atoms with Gasteiger partial charge in [-0.1, -0.05) is 18.2 Å². The second kappa shape index (κ2) is 7.78. The molecule has 2 aliphatic rings. The zero-order valence-corrected chi connectivity index (χ0v) is 19.2. The van der Waals surface area contributed by atoms with E-state index in [1.165, 1.54) is 31.4 Å². The van der Waals surface area contributed by atoms with Gasteiger partial charge in [0, 0.05) is 25.8 Å². The molecule has 0 aromatic carbocycles. The highest BCUT2D eigenvalue weighted by atomic mass is 32.2. The van der Waals surface area contributed by atoms with Crippen molar-refractivity contribution in [2.24, 2.45) is 17.8 Å². The first kappa shape index (κ1) is 20.4. The molecule has 0 unspecified atom stereocenters. The molecule has 2 bridgehead atoms. The Morgan fingerprint density at radius 2 is 1.83 bits per heavy atom. The Balaban J connectivity index is 1.60. The zero-order valence-electron chi connectivity index (χ0n) is 18.4. The Bertz CT molecular complexity index is 893. The number of aromatic nitrogens is 5. The van der Waals surface area contributed by atoms with Crippen LogP contribution in [0.5, 0.6) is 0 Å². The smallest absolute Gasteiger partial charge is 0.229 e. The molecule has 8 heteroatoms. The highest BCUT2D eigenvalue weighted by Crippen LogP contribution is 2.53. The predicted octanol–water partition coefficient (Wildman–Crippen LogP) is 4.18. The van der Waals surface area contributed by atoms with Gasteiger partial charge in [0.2, 0.25) is 11.9 Å². The molecular formula is C21H33N7S. The molecule has 2 fully saturated rings. The number of hydrogen-bond donors (Lipinski definition) is 1. The van der Waals surface area contributed by atoms with Crippen LogP contribution in [0.2, 0.25) is 0 Å². The minimum atomic E-state index is 0.0335. The lowest BCUT2D eigenvalue weighted by Gasteiger charge is -2.31. The largest absolute Gasteiger partial charge is 0.368 e. The summed E-state index contributed by atoms with van der Waals surface area (Å²) < 4.78 is 2.47. The molecule has 158 valence electrons. The summed E-state index contributed by atoms with van der Waals surface area (Å²) in [6.07, 6.45) is 5.64. The van der Waals surface area contributed by atoms with Crippen molar-refractivity contribution >= 4 is 23.7 Å². The summed E-state index contributed by atoms with van der Waals surface area (Å²) in [4.78, 5) is 20.0. The summed E-state index contributed by atoms with van der Waals surface area (Å²) in [6.45, 7) is 8.81. The van der Waals surface area contributed by atoms with Crippen molar-refractivity contribution in [1.29, 1.82) is 0 Å². The van der Waals surface area contributed by atoms with E-state index in [4.69, 9.17) is 10.7 Å². The van der Waals surface area contributed by atoms with E-state index in [-0.39, 0.29) is 11.2 Å². The molecule has 4 rings (SSSR count). The van der Waals surface area contributed by atoms with E-state index in [0.717, 1.165) is 28.6 Å². The summed E-state index contributed by atoms with van der Waals surface area (Å²) in [5.41, 5.74) is 8.32. The van der Waals surface area contributed by atoms with Crippen molar-refractivity contribution in [3.05, 3.63) is 17.2 Å². The highest BCUT2D eigenvalue weighted by molar-refractivity contribution is 7.99. The van der Waals surface area contributed by atoms with Gasteiger partial charge in [-0.05, 0) is 64.7 Å². The summed E-state index contributed by atoms with van der Waals surface area (Å²) in [5, 5.41) is 1.10. The summed E-state index contributed by atoms with van der Waals surface area (Å²) in [6, 6.07) is 0.474. The van der Waals surface area contributed by atoms with E-state index in [0.29, 0.717) is 17.8 Å². The van der Waals surface area contributed by atoms with Crippen LogP contribution in [0.1, 0.15) is 68.0 Å². The number of rotatable bonds is 6. The molecule has 2 N–H and O–H groups in total. The van der Waals surface area contributed by atoms with E-state index < -0.39 is 0 Å². The minimum absolute atomic E-state index is 0.0335. The number of imidazole rings is 1. The summed E-state index contributed by atoms with van der Waals surface area (Å²) in [5.74, 6) is 4.15. The van der Waals surface area contributed by atoms with Gasteiger partial charge in [-0.15, -0.1) is 0 Å². The van der Waals surface area contributed by atoms with Crippen molar-refractivity contribution in [2.75, 3.05) is 24.7 Å². The molecule has 29 heavy (non-hydrogen) atoms. The maximum absolute atomic E-state index is 5.93. The van der Waals surface area contributed by atoms with Crippen molar-refractivity contribution in [1.82, 2.24) is 24.5 Å². The van der Waals surface area contributed by atoms with Crippen molar-refractivity contribution in [3.63, 3.8) is 0 Å². The lowest BCUT2D eigenvalue weighted by molar-refractivity contribution is 0.232. The van der Waals surface area contributed by atoms with E-state index in [2.05, 4.69) is 47.2 Å². The first-order chi connectivity index (χ1) is 13.7. The Kier molecular flexibility index (Phi) is 5.48. The molecular weight excluding hydrogens is 382 g/mol. The van der Waals surface area contributed by atoms with Crippen LogP contribution >= 0.6 is 11.8 Å². The van der Waals surface area contributed by atoms with Crippen molar-refractivity contribution < 1.29 is 0 Å². The molecule has 2 aliphatic carbocycles. The third kappa shape index (κ3) is 3.83. The Morgan fingerprint density at radius 1 is 1.07 bits per heavy atom. The highest BCUT2D eigenvalue weighted by Gasteiger charge is 2.43. The van der Waals surface area contributed by atoms with Gasteiger partial charge >= 0.3 is 0 Å². The third-order valence-electron chi connectivity index (χ3n) is 6.88. The Labute approximate surface area is 177 Å². The first-order valence-electron chi connectivity index (χ1n) is 10.7. The standard InChI is InChI=1S/C21H33N7S/c1-11-12(2)28(13(3)17-10-15-7-8-16(17)9-15)21(23-11)29-14(4)18-24-19(22)26-20(25-18)27(5)6/h13-17H,7-10H2,1-6H3,(H2,22,24,25,26)/t13-,14-,15+,16+,17-/m1/s1. The van der Waals surface area contributed by atoms with E-state index in [1.807, 2.05) is 19.0 Å². The molecule has 0 spiro atoms. The summed E-state index contributed by atoms with van der Waals surface area (Å²) >= 11 is 1.72. The van der Waals surface area contributed by atoms with E-state index >= 15 is 0 Å². The van der Waals surface area contributed by atoms with Crippen LogP contribution in [0.4, 0.5) is 11.9 Å². The molecule has 0 amide bonds. The van der Waals surface area contributed by atoms with Crippen LogP contribution < -0.4 is 10.6 Å². The van der Waals surface area contributed by atoms with Gasteiger partial charge in [-0.25, -0.2) is 4.98 Å². The fourth-order valence-corrected chi connectivity index (χ4v) is 6.36. The fraction of sp³-hybridized carbons (Fsp3) is 0.714. The predicted molar refractivity (Wildman–Crippen MR) is 118 cm³/mol. The van der Waals surface area contributed by atoms with Gasteiger partial charge < -0.3 is 15.2 Å². The van der Waals surface area contributed by atoms with Gasteiger partial charge in [0.1, 0.15) is 5.82 Å². The van der Waals surface area contributed by atoms with Crippen LogP contribution in [0.15, 0.2) is 5.16 Å². The Hall–Kier alpha value is -1.83. The normalized spacial score (nSPS) is 25.4. The molecule has 2 saturated carbocycles. The third-order valence-corrected chi connectivity index (χ3v) is 7.94. The van der Waals surface area contributed by atoms with Crippen LogP contribution in [0, 0.1) is 31.6 Å². The number of thioether (sulfide) groups is 1. The van der Waals surface area contributed by atoms with Gasteiger partial charge in [0.05, 0.1) is 10.9 Å². The summed E-state index contributed by atoms with van der Waals surface area (Å²) in [7, 11) is 3.82. The number of nitrogens with zero attached hydrogens (tertiary/aromatic N) is 6. The molecule has 0 saturated heterocycles. The number of hydrogen-bond acceptors (Lipinski definition) is 7. The van der Waals surface area contributed by atoms with E-state index in [1.54, 1.807) is 11.8 Å². The average Bonchev–Trinajstić information content (AvgIpc) is 3.36. The van der Waals surface area contributed by atoms with E-state index in [9.17, 15) is 0 Å². The van der Waals surface area contributed by atoms with Gasteiger partial charge in [0.15, 0.2) is 5.16 Å². The molecule has 0 aliphatic heterocycles. The molecule has 5 atom stereocenters. The molecule has 0 radical (unpaired) electrons. The number of nitrogens with two attached hydrogens (primary N) is 1. The maximum atomic E-state index is 5.93.